The Morgan fingerprint density at radius 3 is 2.25 bits per heavy atom. The quantitative estimate of drug-likeness (QED) is 0.363. The molecule has 4 heavy (non-hydrogen) atoms. The summed E-state index contributed by atoms with van der Waals surface area (Å²) in [5.74, 6) is 4.85. The van der Waals surface area contributed by atoms with Crippen molar-refractivity contribution in [3.63, 3.8) is 0 Å². The van der Waals surface area contributed by atoms with Gasteiger partial charge in [-0.1, -0.05) is 0 Å². The smallest absolute Gasteiger partial charge is 0.0366 e. The Labute approximate surface area is 29.6 Å². The summed E-state index contributed by atoms with van der Waals surface area (Å²) in [7, 11) is 0. The summed E-state index contributed by atoms with van der Waals surface area (Å²) in [5, 5.41) is 0. The standard InChI is InChI=1S/C4H6/c1-3-4-2/h1-2H3/i1D,2D. The first kappa shape index (κ1) is 1.12. The lowest BCUT2D eigenvalue weighted by molar-refractivity contribution is 1.83. The minimum absolute atomic E-state index is 0.124. The van der Waals surface area contributed by atoms with Gasteiger partial charge < -0.3 is 0 Å². The molecule has 0 heterocycles. The van der Waals surface area contributed by atoms with E-state index >= 15 is 0 Å². The van der Waals surface area contributed by atoms with E-state index in [2.05, 4.69) is 11.8 Å². The molecule has 0 fully saturated rings. The SMILES string of the molecule is [2H]CC#CC[2H]. The van der Waals surface area contributed by atoms with Gasteiger partial charge in [-0.2, -0.15) is 0 Å². The first-order valence-electron chi connectivity index (χ1n) is 2.37. The molecule has 0 rings (SSSR count). The molecule has 0 aromatic rings. The van der Waals surface area contributed by atoms with Crippen LogP contribution >= 0.6 is 0 Å². The molecule has 0 aliphatic rings. The topological polar surface area (TPSA) is 0 Å². The van der Waals surface area contributed by atoms with Crippen LogP contribution in [0, 0.1) is 11.8 Å². The molecule has 0 heteroatoms. The summed E-state index contributed by atoms with van der Waals surface area (Å²) < 4.78 is 12.9. The summed E-state index contributed by atoms with van der Waals surface area (Å²) >= 11 is 0. The normalized spacial score (nSPS) is 10.0. The van der Waals surface area contributed by atoms with Crippen LogP contribution in [0.25, 0.3) is 0 Å². The number of hydrogen-bond donors (Lipinski definition) is 0. The maximum absolute atomic E-state index is 6.45. The van der Waals surface area contributed by atoms with Crippen LogP contribution in [-0.4, -0.2) is 0 Å². The highest BCUT2D eigenvalue weighted by atomic mass is 13.3. The van der Waals surface area contributed by atoms with Crippen molar-refractivity contribution in [1.82, 2.24) is 0 Å². The lowest BCUT2D eigenvalue weighted by Gasteiger charge is -1.40. The average molecular weight is 56.1 g/mol. The Bertz CT molecular complexity index is 59.4. The molecule has 0 unspecified atom stereocenters. The van der Waals surface area contributed by atoms with Gasteiger partial charge >= 0.3 is 0 Å². The third-order valence-corrected chi connectivity index (χ3v) is 0.125. The molecule has 0 amide bonds. The van der Waals surface area contributed by atoms with Crippen molar-refractivity contribution in [3.8, 4) is 11.8 Å². The third-order valence-electron chi connectivity index (χ3n) is 0.125. The second kappa shape index (κ2) is 2.56. The highest BCUT2D eigenvalue weighted by molar-refractivity contribution is 4.89. The monoisotopic (exact) mass is 56.1 g/mol. The first-order valence-corrected chi connectivity index (χ1v) is 0.957. The van der Waals surface area contributed by atoms with Crippen LogP contribution < -0.4 is 0 Å². The molecule has 0 radical (unpaired) electrons. The van der Waals surface area contributed by atoms with Gasteiger partial charge in [-0.25, -0.2) is 0 Å². The highest BCUT2D eigenvalue weighted by Crippen LogP contribution is 1.39. The molecule has 0 atom stereocenters. The molecular weight excluding hydrogens is 48.0 g/mol. The molecular formula is C4H6. The lowest BCUT2D eigenvalue weighted by Crippen LogP contribution is -1.28. The van der Waals surface area contributed by atoms with Crippen LogP contribution in [0.3, 0.4) is 0 Å². The summed E-state index contributed by atoms with van der Waals surface area (Å²) in [5.41, 5.74) is 0. The molecule has 22 valence electrons. The van der Waals surface area contributed by atoms with Crippen LogP contribution in [0.5, 0.6) is 0 Å². The largest absolute Gasteiger partial charge is 0.107 e. The van der Waals surface area contributed by atoms with E-state index in [1.165, 1.54) is 0 Å². The zero-order valence-corrected chi connectivity index (χ0v) is 2.41. The Morgan fingerprint density at radius 2 is 2.00 bits per heavy atom. The second-order valence-corrected chi connectivity index (χ2v) is 0.354. The highest BCUT2D eigenvalue weighted by Gasteiger charge is 1.26. The van der Waals surface area contributed by atoms with Gasteiger partial charge in [-0.15, -0.1) is 11.8 Å². The summed E-state index contributed by atoms with van der Waals surface area (Å²) in [4.78, 5) is 0. The molecule has 0 N–H and O–H groups in total. The maximum atomic E-state index is 6.45. The van der Waals surface area contributed by atoms with E-state index in [1.54, 1.807) is 0 Å². The van der Waals surface area contributed by atoms with Crippen molar-refractivity contribution >= 4 is 0 Å². The molecule has 0 aliphatic carbocycles. The van der Waals surface area contributed by atoms with Crippen molar-refractivity contribution in [2.24, 2.45) is 0 Å². The Morgan fingerprint density at radius 1 is 1.50 bits per heavy atom. The van der Waals surface area contributed by atoms with Crippen LogP contribution in [0.2, 0.25) is 0 Å². The van der Waals surface area contributed by atoms with Gasteiger partial charge in [0, 0.05) is 2.74 Å². The Kier molecular flexibility index (Phi) is 0.718. The fourth-order valence-corrected chi connectivity index (χ4v) is 0. The van der Waals surface area contributed by atoms with Gasteiger partial charge in [0.25, 0.3) is 0 Å². The molecule has 0 spiro atoms. The van der Waals surface area contributed by atoms with Crippen LogP contribution in [0.1, 0.15) is 16.5 Å². The number of hydrogen-bond acceptors (Lipinski definition) is 0. The lowest BCUT2D eigenvalue weighted by atomic mass is 10.7. The zero-order chi connectivity index (χ0) is 4.83. The summed E-state index contributed by atoms with van der Waals surface area (Å²) in [6.45, 7) is 0.248. The first-order chi connectivity index (χ1) is 2.91. The van der Waals surface area contributed by atoms with Gasteiger partial charge in [-0.05, 0) is 13.8 Å². The minimum Gasteiger partial charge on any atom is -0.107 e. The van der Waals surface area contributed by atoms with Crippen molar-refractivity contribution in [2.75, 3.05) is 0 Å². The second-order valence-electron chi connectivity index (χ2n) is 0.354. The zero-order valence-electron chi connectivity index (χ0n) is 4.41. The van der Waals surface area contributed by atoms with E-state index in [4.69, 9.17) is 2.74 Å². The van der Waals surface area contributed by atoms with Crippen molar-refractivity contribution in [2.45, 2.75) is 13.8 Å². The Hall–Kier alpha value is -0.440. The minimum atomic E-state index is 0.124. The van der Waals surface area contributed by atoms with Crippen LogP contribution in [-0.2, 0) is 0 Å². The van der Waals surface area contributed by atoms with E-state index in [0.29, 0.717) is 0 Å². The molecule has 0 aliphatic heterocycles. The van der Waals surface area contributed by atoms with Gasteiger partial charge in [-0.3, -0.25) is 0 Å². The fourth-order valence-electron chi connectivity index (χ4n) is 0. The van der Waals surface area contributed by atoms with Crippen molar-refractivity contribution in [1.29, 1.82) is 0 Å². The summed E-state index contributed by atoms with van der Waals surface area (Å²) in [6, 6.07) is 0. The predicted octanol–water partition coefficient (Wildman–Crippen LogP) is 1.03. The average Bonchev–Trinajstić information content (AvgIpc) is 1.61. The maximum Gasteiger partial charge on any atom is 0.0366 e. The molecule has 0 saturated heterocycles. The van der Waals surface area contributed by atoms with Gasteiger partial charge in [0.1, 0.15) is 0 Å². The third kappa shape index (κ3) is 1.56. The van der Waals surface area contributed by atoms with Gasteiger partial charge in [0.2, 0.25) is 0 Å². The molecule has 0 aromatic carbocycles. The van der Waals surface area contributed by atoms with Gasteiger partial charge in [0.05, 0.1) is 0 Å². The van der Waals surface area contributed by atoms with E-state index in [0.717, 1.165) is 0 Å². The van der Waals surface area contributed by atoms with E-state index in [1.807, 2.05) is 0 Å². The van der Waals surface area contributed by atoms with Crippen molar-refractivity contribution < 1.29 is 2.74 Å². The van der Waals surface area contributed by atoms with E-state index < -0.39 is 0 Å². The van der Waals surface area contributed by atoms with Crippen molar-refractivity contribution in [3.05, 3.63) is 0 Å². The predicted molar refractivity (Wildman–Crippen MR) is 19.1 cm³/mol. The van der Waals surface area contributed by atoms with E-state index in [-0.39, 0.29) is 13.8 Å². The van der Waals surface area contributed by atoms with Crippen LogP contribution in [0.4, 0.5) is 0 Å². The fraction of sp³-hybridized carbons (Fsp3) is 0.500. The van der Waals surface area contributed by atoms with Gasteiger partial charge in [0.15, 0.2) is 0 Å². The molecule has 0 aromatic heterocycles. The number of rotatable bonds is 0. The van der Waals surface area contributed by atoms with E-state index in [9.17, 15) is 0 Å². The molecule has 0 bridgehead atoms. The molecule has 0 nitrogen and oxygen atoms in total. The Balaban J connectivity index is 2.90. The summed E-state index contributed by atoms with van der Waals surface area (Å²) in [6.07, 6.45) is 0. The van der Waals surface area contributed by atoms with Crippen LogP contribution in [0.15, 0.2) is 0 Å². The molecule has 0 saturated carbocycles.